The van der Waals surface area contributed by atoms with Crippen molar-refractivity contribution in [2.24, 2.45) is 7.05 Å². The molecule has 0 aliphatic carbocycles. The van der Waals surface area contributed by atoms with Crippen molar-refractivity contribution in [3.05, 3.63) is 53.2 Å². The normalized spacial score (nSPS) is 20.7. The monoisotopic (exact) mass is 440 g/mol. The minimum absolute atomic E-state index is 0.0187. The molecule has 4 heterocycles. The first-order valence-corrected chi connectivity index (χ1v) is 11.4. The van der Waals surface area contributed by atoms with Crippen molar-refractivity contribution in [1.82, 2.24) is 19.5 Å². The molecule has 32 heavy (non-hydrogen) atoms. The Morgan fingerprint density at radius 2 is 1.97 bits per heavy atom. The number of aryl methyl sites for hydroxylation is 1. The lowest BCUT2D eigenvalue weighted by Gasteiger charge is -2.31. The number of likely N-dealkylation sites (tertiary alicyclic amines) is 1. The van der Waals surface area contributed by atoms with Gasteiger partial charge in [0.2, 0.25) is 0 Å². The summed E-state index contributed by atoms with van der Waals surface area (Å²) < 4.78 is 20.6. The van der Waals surface area contributed by atoms with Gasteiger partial charge in [0.05, 0.1) is 17.4 Å². The molecule has 5 rings (SSSR count). The lowest BCUT2D eigenvalue weighted by Crippen LogP contribution is -2.37. The number of carbonyl (C=O) groups is 1. The average molecular weight is 441 g/mol. The van der Waals surface area contributed by atoms with Crippen molar-refractivity contribution in [3.8, 4) is 0 Å². The van der Waals surface area contributed by atoms with Gasteiger partial charge >= 0.3 is 0 Å². The second-order valence-corrected chi connectivity index (χ2v) is 9.07. The van der Waals surface area contributed by atoms with E-state index in [4.69, 9.17) is 4.52 Å². The van der Waals surface area contributed by atoms with Crippen LogP contribution in [-0.2, 0) is 7.05 Å². The molecule has 0 spiro atoms. The van der Waals surface area contributed by atoms with Gasteiger partial charge in [-0.25, -0.2) is 4.39 Å². The van der Waals surface area contributed by atoms with Gasteiger partial charge in [0.15, 0.2) is 5.58 Å². The molecular formula is C24H29FN4O3. The van der Waals surface area contributed by atoms with Crippen LogP contribution in [0, 0.1) is 5.82 Å². The van der Waals surface area contributed by atoms with E-state index in [1.54, 1.807) is 6.07 Å². The third-order valence-electron chi connectivity index (χ3n) is 6.87. The molecule has 2 aromatic heterocycles. The van der Waals surface area contributed by atoms with Gasteiger partial charge < -0.3 is 24.0 Å². The predicted molar refractivity (Wildman–Crippen MR) is 118 cm³/mol. The molecule has 2 aliphatic rings. The number of rotatable bonds is 5. The number of fused-ring (bicyclic) bond motifs is 2. The molecule has 0 radical (unpaired) electrons. The molecule has 0 bridgehead atoms. The van der Waals surface area contributed by atoms with E-state index in [9.17, 15) is 14.3 Å². The Morgan fingerprint density at radius 3 is 2.78 bits per heavy atom. The van der Waals surface area contributed by atoms with Crippen LogP contribution in [0.2, 0.25) is 0 Å². The van der Waals surface area contributed by atoms with Crippen molar-refractivity contribution in [2.75, 3.05) is 32.7 Å². The Kier molecular flexibility index (Phi) is 5.73. The van der Waals surface area contributed by atoms with Gasteiger partial charge in [-0.1, -0.05) is 5.16 Å². The lowest BCUT2D eigenvalue weighted by atomic mass is 9.91. The summed E-state index contributed by atoms with van der Waals surface area (Å²) in [6, 6.07) is 4.61. The molecule has 1 unspecified atom stereocenters. The van der Waals surface area contributed by atoms with E-state index in [-0.39, 0.29) is 11.7 Å². The van der Waals surface area contributed by atoms with Gasteiger partial charge in [0, 0.05) is 55.5 Å². The number of nitrogens with zero attached hydrogens (tertiary/aromatic N) is 4. The molecule has 1 saturated heterocycles. The van der Waals surface area contributed by atoms with E-state index in [1.807, 2.05) is 28.9 Å². The van der Waals surface area contributed by atoms with Crippen LogP contribution in [0.3, 0.4) is 0 Å². The molecule has 7 nitrogen and oxygen atoms in total. The van der Waals surface area contributed by atoms with Crippen LogP contribution in [0.4, 0.5) is 4.39 Å². The standard InChI is InChI=1S/C24H29FN4O3/c1-27-14-19-20(15-27)24(31)29(12-7-21(19)30)9-2-8-28-10-5-16(6-11-28)23-18-4-3-17(25)13-22(18)32-26-23/h3-4,13-16,21,30H,2,5-12H2,1H3. The highest BCUT2D eigenvalue weighted by atomic mass is 19.1. The fourth-order valence-electron chi connectivity index (χ4n) is 5.11. The fraction of sp³-hybridized carbons (Fsp3) is 0.500. The minimum atomic E-state index is -0.580. The number of aliphatic hydroxyl groups excluding tert-OH is 1. The number of benzene rings is 1. The third kappa shape index (κ3) is 4.04. The quantitative estimate of drug-likeness (QED) is 0.658. The molecule has 170 valence electrons. The van der Waals surface area contributed by atoms with Crippen molar-refractivity contribution < 1.29 is 18.8 Å². The highest BCUT2D eigenvalue weighted by Crippen LogP contribution is 2.33. The number of aromatic nitrogens is 2. The summed E-state index contributed by atoms with van der Waals surface area (Å²) in [4.78, 5) is 17.2. The maximum atomic E-state index is 13.4. The first-order valence-electron chi connectivity index (χ1n) is 11.4. The SMILES string of the molecule is Cn1cc2c(c1)C(O)CCN(CCCN1CCC(c3noc4cc(F)ccc34)CC1)C2=O. The highest BCUT2D eigenvalue weighted by Gasteiger charge is 2.29. The van der Waals surface area contributed by atoms with Gasteiger partial charge in [0.1, 0.15) is 5.82 Å². The Hall–Kier alpha value is -2.71. The Labute approximate surface area is 186 Å². The molecule has 1 atom stereocenters. The summed E-state index contributed by atoms with van der Waals surface area (Å²) in [5, 5.41) is 15.5. The Balaban J connectivity index is 1.13. The van der Waals surface area contributed by atoms with Gasteiger partial charge in [0.25, 0.3) is 5.91 Å². The molecule has 1 N–H and O–H groups in total. The number of hydrogen-bond acceptors (Lipinski definition) is 5. The number of piperidine rings is 1. The van der Waals surface area contributed by atoms with Gasteiger partial charge in [-0.3, -0.25) is 4.79 Å². The zero-order valence-electron chi connectivity index (χ0n) is 18.3. The van der Waals surface area contributed by atoms with Gasteiger partial charge in [-0.05, 0) is 57.5 Å². The smallest absolute Gasteiger partial charge is 0.255 e. The van der Waals surface area contributed by atoms with E-state index < -0.39 is 6.10 Å². The molecule has 0 saturated carbocycles. The van der Waals surface area contributed by atoms with Crippen molar-refractivity contribution >= 4 is 16.9 Å². The molecule has 1 amide bonds. The molecule has 1 fully saturated rings. The molecule has 3 aromatic rings. The molecular weight excluding hydrogens is 411 g/mol. The zero-order chi connectivity index (χ0) is 22.2. The summed E-state index contributed by atoms with van der Waals surface area (Å²) in [7, 11) is 1.88. The lowest BCUT2D eigenvalue weighted by molar-refractivity contribution is 0.0735. The summed E-state index contributed by atoms with van der Waals surface area (Å²) in [5.74, 6) is 0.0317. The largest absolute Gasteiger partial charge is 0.388 e. The van der Waals surface area contributed by atoms with Crippen LogP contribution >= 0.6 is 0 Å². The maximum absolute atomic E-state index is 13.4. The highest BCUT2D eigenvalue weighted by molar-refractivity contribution is 5.96. The van der Waals surface area contributed by atoms with E-state index in [1.165, 1.54) is 12.1 Å². The predicted octanol–water partition coefficient (Wildman–Crippen LogP) is 3.45. The number of carbonyl (C=O) groups excluding carboxylic acids is 1. The van der Waals surface area contributed by atoms with Crippen molar-refractivity contribution in [3.63, 3.8) is 0 Å². The zero-order valence-corrected chi connectivity index (χ0v) is 18.3. The maximum Gasteiger partial charge on any atom is 0.255 e. The van der Waals surface area contributed by atoms with Crippen LogP contribution in [0.25, 0.3) is 11.0 Å². The Morgan fingerprint density at radius 1 is 1.16 bits per heavy atom. The second kappa shape index (κ2) is 8.67. The first-order chi connectivity index (χ1) is 15.5. The van der Waals surface area contributed by atoms with E-state index in [0.29, 0.717) is 36.6 Å². The first kappa shape index (κ1) is 21.2. The van der Waals surface area contributed by atoms with Gasteiger partial charge in [-0.15, -0.1) is 0 Å². The van der Waals surface area contributed by atoms with Crippen LogP contribution in [0.15, 0.2) is 35.1 Å². The van der Waals surface area contributed by atoms with E-state index in [2.05, 4.69) is 10.1 Å². The topological polar surface area (TPSA) is 74.7 Å². The van der Waals surface area contributed by atoms with E-state index >= 15 is 0 Å². The van der Waals surface area contributed by atoms with Gasteiger partial charge in [-0.2, -0.15) is 0 Å². The number of amides is 1. The molecule has 1 aromatic carbocycles. The van der Waals surface area contributed by atoms with E-state index in [0.717, 1.165) is 55.5 Å². The van der Waals surface area contributed by atoms with Crippen LogP contribution in [0.5, 0.6) is 0 Å². The summed E-state index contributed by atoms with van der Waals surface area (Å²) >= 11 is 0. The fourth-order valence-corrected chi connectivity index (χ4v) is 5.11. The summed E-state index contributed by atoms with van der Waals surface area (Å²) in [6.07, 6.45) is 6.53. The van der Waals surface area contributed by atoms with Crippen molar-refractivity contribution in [2.45, 2.75) is 37.7 Å². The third-order valence-corrected chi connectivity index (χ3v) is 6.87. The average Bonchev–Trinajstić information content (AvgIpc) is 3.36. The van der Waals surface area contributed by atoms with Crippen LogP contribution < -0.4 is 0 Å². The van der Waals surface area contributed by atoms with Crippen LogP contribution in [-0.4, -0.2) is 63.3 Å². The number of halogens is 1. The molecule has 2 aliphatic heterocycles. The van der Waals surface area contributed by atoms with Crippen LogP contribution in [0.1, 0.15) is 59.3 Å². The second-order valence-electron chi connectivity index (χ2n) is 9.07. The minimum Gasteiger partial charge on any atom is -0.388 e. The Bertz CT molecular complexity index is 1120. The number of hydrogen-bond donors (Lipinski definition) is 1. The summed E-state index contributed by atoms with van der Waals surface area (Å²) in [6.45, 7) is 4.15. The summed E-state index contributed by atoms with van der Waals surface area (Å²) in [5.41, 5.74) is 2.81. The number of aliphatic hydroxyl groups is 1. The molecule has 8 heteroatoms. The van der Waals surface area contributed by atoms with Crippen molar-refractivity contribution in [1.29, 1.82) is 0 Å².